The van der Waals surface area contributed by atoms with Gasteiger partial charge in [-0.2, -0.15) is 0 Å². The van der Waals surface area contributed by atoms with Gasteiger partial charge in [0.05, 0.1) is 5.75 Å². The highest BCUT2D eigenvalue weighted by Gasteiger charge is 2.06. The molecule has 120 valence electrons. The fraction of sp³-hybridized carbons (Fsp3) is 0.222. The summed E-state index contributed by atoms with van der Waals surface area (Å²) in [6.07, 6.45) is 0.957. The zero-order valence-corrected chi connectivity index (χ0v) is 14.0. The minimum Gasteiger partial charge on any atom is -0.426 e. The van der Waals surface area contributed by atoms with Crippen molar-refractivity contribution in [1.82, 2.24) is 0 Å². The Hall–Kier alpha value is -2.27. The topological polar surface area (TPSA) is 55.4 Å². The lowest BCUT2D eigenvalue weighted by atomic mass is 10.2. The van der Waals surface area contributed by atoms with Gasteiger partial charge in [-0.15, -0.1) is 11.8 Å². The van der Waals surface area contributed by atoms with E-state index in [4.69, 9.17) is 4.74 Å². The molecule has 0 spiro atoms. The van der Waals surface area contributed by atoms with Gasteiger partial charge in [0.15, 0.2) is 0 Å². The van der Waals surface area contributed by atoms with Crippen LogP contribution >= 0.6 is 11.8 Å². The fourth-order valence-corrected chi connectivity index (χ4v) is 2.61. The van der Waals surface area contributed by atoms with Crippen molar-refractivity contribution >= 4 is 29.3 Å². The van der Waals surface area contributed by atoms with Gasteiger partial charge in [0, 0.05) is 17.5 Å². The number of hydrogen-bond acceptors (Lipinski definition) is 4. The van der Waals surface area contributed by atoms with Gasteiger partial charge >= 0.3 is 5.97 Å². The van der Waals surface area contributed by atoms with E-state index in [0.717, 1.165) is 17.0 Å². The first-order valence-corrected chi connectivity index (χ1v) is 8.35. The van der Waals surface area contributed by atoms with Crippen molar-refractivity contribution in [2.75, 3.05) is 11.1 Å². The highest BCUT2D eigenvalue weighted by atomic mass is 32.2. The maximum Gasteiger partial charge on any atom is 0.321 e. The molecule has 0 atom stereocenters. The smallest absolute Gasteiger partial charge is 0.321 e. The van der Waals surface area contributed by atoms with Crippen molar-refractivity contribution in [1.29, 1.82) is 0 Å². The van der Waals surface area contributed by atoms with Gasteiger partial charge in [-0.1, -0.05) is 19.1 Å². The van der Waals surface area contributed by atoms with E-state index in [1.165, 1.54) is 24.2 Å². The van der Waals surface area contributed by atoms with Crippen molar-refractivity contribution in [3.05, 3.63) is 54.1 Å². The molecule has 0 aliphatic heterocycles. The number of aryl methyl sites for hydroxylation is 1. The second-order valence-corrected chi connectivity index (χ2v) is 6.01. The van der Waals surface area contributed by atoms with Crippen LogP contribution in [0.15, 0.2) is 53.4 Å². The molecule has 0 saturated carbocycles. The molecule has 0 bridgehead atoms. The highest BCUT2D eigenvalue weighted by Crippen LogP contribution is 2.21. The largest absolute Gasteiger partial charge is 0.426 e. The summed E-state index contributed by atoms with van der Waals surface area (Å²) in [5, 5.41) is 2.70. The molecule has 1 N–H and O–H groups in total. The minimum absolute atomic E-state index is 0.108. The fourth-order valence-electron chi connectivity index (χ4n) is 1.93. The number of rotatable bonds is 6. The maximum atomic E-state index is 11.9. The van der Waals surface area contributed by atoms with E-state index >= 15 is 0 Å². The lowest BCUT2D eigenvalue weighted by molar-refractivity contribution is -0.131. The van der Waals surface area contributed by atoms with Crippen LogP contribution in [0.5, 0.6) is 5.75 Å². The third-order valence-electron chi connectivity index (χ3n) is 3.09. The van der Waals surface area contributed by atoms with Crippen LogP contribution in [-0.2, 0) is 16.0 Å². The maximum absolute atomic E-state index is 11.9. The van der Waals surface area contributed by atoms with Gasteiger partial charge in [0.25, 0.3) is 0 Å². The molecular formula is C18H19NO3S. The molecule has 2 aromatic carbocycles. The molecule has 0 aromatic heterocycles. The normalized spacial score (nSPS) is 10.2. The van der Waals surface area contributed by atoms with Crippen molar-refractivity contribution in [2.45, 2.75) is 25.2 Å². The van der Waals surface area contributed by atoms with E-state index < -0.39 is 0 Å². The molecule has 0 aliphatic carbocycles. The molecule has 0 saturated heterocycles. The van der Waals surface area contributed by atoms with Gasteiger partial charge < -0.3 is 10.1 Å². The van der Waals surface area contributed by atoms with Crippen LogP contribution in [0.1, 0.15) is 19.4 Å². The van der Waals surface area contributed by atoms with Gasteiger partial charge in [-0.3, -0.25) is 9.59 Å². The van der Waals surface area contributed by atoms with E-state index in [9.17, 15) is 9.59 Å². The number of anilines is 1. The first kappa shape index (κ1) is 17.1. The van der Waals surface area contributed by atoms with Gasteiger partial charge in [0.1, 0.15) is 5.75 Å². The SMILES string of the molecule is CCc1ccc(OC(=O)CSc2ccc(NC(C)=O)cc2)cc1. The summed E-state index contributed by atoms with van der Waals surface area (Å²) in [5.74, 6) is 0.400. The summed E-state index contributed by atoms with van der Waals surface area (Å²) >= 11 is 1.40. The Morgan fingerprint density at radius 2 is 1.70 bits per heavy atom. The zero-order chi connectivity index (χ0) is 16.7. The van der Waals surface area contributed by atoms with Crippen LogP contribution < -0.4 is 10.1 Å². The number of carbonyl (C=O) groups excluding carboxylic acids is 2. The Labute approximate surface area is 140 Å². The summed E-state index contributed by atoms with van der Waals surface area (Å²) in [4.78, 5) is 23.7. The van der Waals surface area contributed by atoms with Crippen LogP contribution in [0.25, 0.3) is 0 Å². The summed E-state index contributed by atoms with van der Waals surface area (Å²) in [7, 11) is 0. The second-order valence-electron chi connectivity index (χ2n) is 4.97. The van der Waals surface area contributed by atoms with Crippen molar-refractivity contribution < 1.29 is 14.3 Å². The minimum atomic E-state index is -0.287. The molecule has 2 rings (SSSR count). The van der Waals surface area contributed by atoms with Crippen LogP contribution in [0.4, 0.5) is 5.69 Å². The van der Waals surface area contributed by atoms with Crippen molar-refractivity contribution in [3.8, 4) is 5.75 Å². The molecule has 5 heteroatoms. The predicted molar refractivity (Wildman–Crippen MR) is 92.9 cm³/mol. The average Bonchev–Trinajstić information content (AvgIpc) is 2.54. The highest BCUT2D eigenvalue weighted by molar-refractivity contribution is 8.00. The molecule has 0 radical (unpaired) electrons. The molecule has 0 fully saturated rings. The van der Waals surface area contributed by atoms with E-state index in [-0.39, 0.29) is 17.6 Å². The number of thioether (sulfide) groups is 1. The Balaban J connectivity index is 1.82. The molecular weight excluding hydrogens is 310 g/mol. The summed E-state index contributed by atoms with van der Waals surface area (Å²) in [5.41, 5.74) is 1.94. The first-order valence-electron chi connectivity index (χ1n) is 7.37. The van der Waals surface area contributed by atoms with Gasteiger partial charge in [-0.25, -0.2) is 0 Å². The van der Waals surface area contributed by atoms with Crippen molar-refractivity contribution in [3.63, 3.8) is 0 Å². The Morgan fingerprint density at radius 3 is 2.26 bits per heavy atom. The molecule has 2 aromatic rings. The van der Waals surface area contributed by atoms with Crippen LogP contribution in [-0.4, -0.2) is 17.6 Å². The Morgan fingerprint density at radius 1 is 1.04 bits per heavy atom. The third-order valence-corrected chi connectivity index (χ3v) is 4.08. The number of benzene rings is 2. The zero-order valence-electron chi connectivity index (χ0n) is 13.2. The van der Waals surface area contributed by atoms with E-state index in [1.54, 1.807) is 12.1 Å². The molecule has 0 aliphatic rings. The van der Waals surface area contributed by atoms with Crippen molar-refractivity contribution in [2.24, 2.45) is 0 Å². The third kappa shape index (κ3) is 5.79. The summed E-state index contributed by atoms with van der Waals surface area (Å²) in [6.45, 7) is 3.54. The number of nitrogens with one attached hydrogen (secondary N) is 1. The van der Waals surface area contributed by atoms with E-state index in [2.05, 4.69) is 12.2 Å². The number of hydrogen-bond donors (Lipinski definition) is 1. The second kappa shape index (κ2) is 8.39. The number of amides is 1. The predicted octanol–water partition coefficient (Wildman–Crippen LogP) is 3.91. The molecule has 23 heavy (non-hydrogen) atoms. The number of ether oxygens (including phenoxy) is 1. The van der Waals surface area contributed by atoms with Crippen LogP contribution in [0, 0.1) is 0 Å². The van der Waals surface area contributed by atoms with Gasteiger partial charge in [0.2, 0.25) is 5.91 Å². The lowest BCUT2D eigenvalue weighted by Gasteiger charge is -2.06. The van der Waals surface area contributed by atoms with Crippen LogP contribution in [0.2, 0.25) is 0 Å². The van der Waals surface area contributed by atoms with Gasteiger partial charge in [-0.05, 0) is 48.4 Å². The lowest BCUT2D eigenvalue weighted by Crippen LogP contribution is -2.10. The van der Waals surface area contributed by atoms with E-state index in [1.807, 2.05) is 36.4 Å². The molecule has 4 nitrogen and oxygen atoms in total. The number of esters is 1. The first-order chi connectivity index (χ1) is 11.1. The summed E-state index contributed by atoms with van der Waals surface area (Å²) < 4.78 is 5.30. The molecule has 0 unspecified atom stereocenters. The quantitative estimate of drug-likeness (QED) is 0.496. The Bertz CT molecular complexity index is 666. The average molecular weight is 329 g/mol. The van der Waals surface area contributed by atoms with E-state index in [0.29, 0.717) is 5.75 Å². The monoisotopic (exact) mass is 329 g/mol. The van der Waals surface area contributed by atoms with Crippen LogP contribution in [0.3, 0.4) is 0 Å². The standard InChI is InChI=1S/C18H19NO3S/c1-3-14-4-8-16(9-5-14)22-18(21)12-23-17-10-6-15(7-11-17)19-13(2)20/h4-11H,3,12H2,1-2H3,(H,19,20). The number of carbonyl (C=O) groups is 2. The molecule has 0 heterocycles. The molecule has 1 amide bonds. The Kier molecular flexibility index (Phi) is 6.23. The summed E-state index contributed by atoms with van der Waals surface area (Å²) in [6, 6.07) is 14.9.